The van der Waals surface area contributed by atoms with Crippen molar-refractivity contribution in [2.24, 2.45) is 5.92 Å². The Morgan fingerprint density at radius 3 is 2.94 bits per heavy atom. The number of halogens is 1. The Morgan fingerprint density at radius 1 is 1.69 bits per heavy atom. The first-order chi connectivity index (χ1) is 7.55. The summed E-state index contributed by atoms with van der Waals surface area (Å²) in [5.41, 5.74) is 0.578. The maximum absolute atomic E-state index is 12.2. The summed E-state index contributed by atoms with van der Waals surface area (Å²) in [4.78, 5) is 0.266. The van der Waals surface area contributed by atoms with Gasteiger partial charge in [0.1, 0.15) is 4.90 Å². The van der Waals surface area contributed by atoms with Gasteiger partial charge < -0.3 is 0 Å². The van der Waals surface area contributed by atoms with Gasteiger partial charge in [0.25, 0.3) is 0 Å². The number of aromatic nitrogens is 2. The summed E-state index contributed by atoms with van der Waals surface area (Å²) in [6.45, 7) is 2.76. The van der Waals surface area contributed by atoms with E-state index in [1.807, 2.05) is 0 Å². The molecule has 1 N–H and O–H groups in total. The topological polar surface area (TPSA) is 66.1 Å². The minimum atomic E-state index is -3.39. The second-order valence-electron chi connectivity index (χ2n) is 4.03. The minimum Gasteiger partial charge on any atom is -0.281 e. The minimum absolute atomic E-state index is 0.266. The van der Waals surface area contributed by atoms with Gasteiger partial charge in [-0.1, -0.05) is 0 Å². The molecule has 1 aromatic heterocycles. The van der Waals surface area contributed by atoms with Crippen LogP contribution >= 0.6 is 11.6 Å². The summed E-state index contributed by atoms with van der Waals surface area (Å²) in [5, 5.41) is 6.38. The molecule has 5 nitrogen and oxygen atoms in total. The second kappa shape index (κ2) is 4.35. The number of nitrogens with one attached hydrogen (secondary N) is 1. The molecule has 0 aliphatic carbocycles. The van der Waals surface area contributed by atoms with E-state index in [9.17, 15) is 8.42 Å². The maximum Gasteiger partial charge on any atom is 0.246 e. The highest BCUT2D eigenvalue weighted by Gasteiger charge is 2.33. The van der Waals surface area contributed by atoms with E-state index in [0.717, 1.165) is 6.42 Å². The molecule has 0 saturated carbocycles. The predicted molar refractivity (Wildman–Crippen MR) is 60.9 cm³/mol. The Labute approximate surface area is 99.8 Å². The van der Waals surface area contributed by atoms with E-state index in [1.165, 1.54) is 10.5 Å². The van der Waals surface area contributed by atoms with E-state index in [-0.39, 0.29) is 10.8 Å². The van der Waals surface area contributed by atoms with E-state index >= 15 is 0 Å². The summed E-state index contributed by atoms with van der Waals surface area (Å²) in [7, 11) is -3.39. The average Bonchev–Trinajstić information content (AvgIpc) is 2.85. The smallest absolute Gasteiger partial charge is 0.246 e. The SMILES string of the molecule is Cc1[nH]ncc1S(=O)(=O)N1CCC(CCl)C1. The molecular formula is C9H14ClN3O2S. The van der Waals surface area contributed by atoms with E-state index in [4.69, 9.17) is 11.6 Å². The van der Waals surface area contributed by atoms with Gasteiger partial charge in [-0.2, -0.15) is 9.40 Å². The molecule has 7 heteroatoms. The normalized spacial score (nSPS) is 22.8. The van der Waals surface area contributed by atoms with Crippen LogP contribution in [0.1, 0.15) is 12.1 Å². The second-order valence-corrected chi connectivity index (χ2v) is 6.25. The quantitative estimate of drug-likeness (QED) is 0.827. The van der Waals surface area contributed by atoms with Gasteiger partial charge in [0.15, 0.2) is 0 Å². The number of aryl methyl sites for hydroxylation is 1. The number of alkyl halides is 1. The molecule has 0 spiro atoms. The number of hydrogen-bond acceptors (Lipinski definition) is 3. The van der Waals surface area contributed by atoms with Gasteiger partial charge in [-0.25, -0.2) is 8.42 Å². The molecule has 0 aromatic carbocycles. The van der Waals surface area contributed by atoms with Crippen molar-refractivity contribution in [2.45, 2.75) is 18.2 Å². The first-order valence-electron chi connectivity index (χ1n) is 5.11. The lowest BCUT2D eigenvalue weighted by molar-refractivity contribution is 0.465. The molecule has 1 unspecified atom stereocenters. The molecular weight excluding hydrogens is 250 g/mol. The van der Waals surface area contributed by atoms with Crippen molar-refractivity contribution in [3.63, 3.8) is 0 Å². The van der Waals surface area contributed by atoms with Crippen molar-refractivity contribution in [3.8, 4) is 0 Å². The lowest BCUT2D eigenvalue weighted by Gasteiger charge is -2.15. The summed E-state index contributed by atoms with van der Waals surface area (Å²) >= 11 is 5.74. The van der Waals surface area contributed by atoms with Crippen molar-refractivity contribution in [1.82, 2.24) is 14.5 Å². The van der Waals surface area contributed by atoms with Crippen LogP contribution in [0.4, 0.5) is 0 Å². The van der Waals surface area contributed by atoms with Crippen LogP contribution in [0, 0.1) is 12.8 Å². The van der Waals surface area contributed by atoms with E-state index < -0.39 is 10.0 Å². The largest absolute Gasteiger partial charge is 0.281 e. The van der Waals surface area contributed by atoms with Gasteiger partial charge in [-0.05, 0) is 19.3 Å². The fourth-order valence-corrected chi connectivity index (χ4v) is 3.78. The van der Waals surface area contributed by atoms with Crippen LogP contribution < -0.4 is 0 Å². The van der Waals surface area contributed by atoms with Crippen LogP contribution in [0.15, 0.2) is 11.1 Å². The van der Waals surface area contributed by atoms with Crippen molar-refractivity contribution in [1.29, 1.82) is 0 Å². The van der Waals surface area contributed by atoms with Crippen molar-refractivity contribution < 1.29 is 8.42 Å². The van der Waals surface area contributed by atoms with E-state index in [2.05, 4.69) is 10.2 Å². The van der Waals surface area contributed by atoms with E-state index in [0.29, 0.717) is 24.7 Å². The molecule has 16 heavy (non-hydrogen) atoms. The third-order valence-electron chi connectivity index (χ3n) is 2.87. The van der Waals surface area contributed by atoms with Gasteiger partial charge in [0, 0.05) is 19.0 Å². The number of aromatic amines is 1. The highest BCUT2D eigenvalue weighted by atomic mass is 35.5. The van der Waals surface area contributed by atoms with Crippen LogP contribution in [0.25, 0.3) is 0 Å². The van der Waals surface area contributed by atoms with Gasteiger partial charge in [0.05, 0.1) is 11.9 Å². The molecule has 1 aliphatic heterocycles. The summed E-state index contributed by atoms with van der Waals surface area (Å²) in [6.07, 6.45) is 2.19. The number of rotatable bonds is 3. The third kappa shape index (κ3) is 1.97. The van der Waals surface area contributed by atoms with Crippen LogP contribution in [-0.4, -0.2) is 41.9 Å². The zero-order valence-electron chi connectivity index (χ0n) is 8.98. The fourth-order valence-electron chi connectivity index (χ4n) is 1.88. The lowest BCUT2D eigenvalue weighted by Crippen LogP contribution is -2.29. The van der Waals surface area contributed by atoms with Crippen LogP contribution in [0.5, 0.6) is 0 Å². The number of sulfonamides is 1. The number of H-pyrrole nitrogens is 1. The maximum atomic E-state index is 12.2. The molecule has 0 amide bonds. The molecule has 2 heterocycles. The van der Waals surface area contributed by atoms with Crippen LogP contribution in [-0.2, 0) is 10.0 Å². The Bertz CT molecular complexity index is 471. The van der Waals surface area contributed by atoms with Crippen molar-refractivity contribution in [2.75, 3.05) is 19.0 Å². The summed E-state index contributed by atoms with van der Waals surface area (Å²) in [5.74, 6) is 0.778. The van der Waals surface area contributed by atoms with Gasteiger partial charge >= 0.3 is 0 Å². The molecule has 90 valence electrons. The zero-order chi connectivity index (χ0) is 11.8. The third-order valence-corrected chi connectivity index (χ3v) is 5.28. The van der Waals surface area contributed by atoms with Crippen molar-refractivity contribution in [3.05, 3.63) is 11.9 Å². The highest BCUT2D eigenvalue weighted by Crippen LogP contribution is 2.25. The Hall–Kier alpha value is -0.590. The molecule has 1 fully saturated rings. The zero-order valence-corrected chi connectivity index (χ0v) is 10.6. The molecule has 0 bridgehead atoms. The molecule has 1 atom stereocenters. The van der Waals surface area contributed by atoms with Gasteiger partial charge in [-0.15, -0.1) is 11.6 Å². The molecule has 0 radical (unpaired) electrons. The van der Waals surface area contributed by atoms with Gasteiger partial charge in [0.2, 0.25) is 10.0 Å². The van der Waals surface area contributed by atoms with E-state index in [1.54, 1.807) is 6.92 Å². The Morgan fingerprint density at radius 2 is 2.44 bits per heavy atom. The molecule has 2 rings (SSSR count). The van der Waals surface area contributed by atoms with Gasteiger partial charge in [-0.3, -0.25) is 5.10 Å². The Balaban J connectivity index is 2.25. The first-order valence-corrected chi connectivity index (χ1v) is 7.09. The predicted octanol–water partition coefficient (Wildman–Crippen LogP) is 0.968. The lowest BCUT2D eigenvalue weighted by atomic mass is 10.2. The highest BCUT2D eigenvalue weighted by molar-refractivity contribution is 7.89. The summed E-state index contributed by atoms with van der Waals surface area (Å²) < 4.78 is 25.9. The molecule has 1 saturated heterocycles. The molecule has 1 aliphatic rings. The standard InChI is InChI=1S/C9H14ClN3O2S/c1-7-9(5-11-12-7)16(14,15)13-3-2-8(4-10)6-13/h5,8H,2-4,6H2,1H3,(H,11,12). The fraction of sp³-hybridized carbons (Fsp3) is 0.667. The molecule has 1 aromatic rings. The summed E-state index contributed by atoms with van der Waals surface area (Å²) in [6, 6.07) is 0. The Kier molecular flexibility index (Phi) is 3.23. The van der Waals surface area contributed by atoms with Crippen LogP contribution in [0.2, 0.25) is 0 Å². The average molecular weight is 264 g/mol. The number of hydrogen-bond donors (Lipinski definition) is 1. The monoisotopic (exact) mass is 263 g/mol. The van der Waals surface area contributed by atoms with Crippen molar-refractivity contribution >= 4 is 21.6 Å². The van der Waals surface area contributed by atoms with Crippen LogP contribution in [0.3, 0.4) is 0 Å². The number of nitrogens with zero attached hydrogens (tertiary/aromatic N) is 2. The first kappa shape index (κ1) is 11.9.